The topological polar surface area (TPSA) is 56.3 Å². The Hall–Kier alpha value is -0.650. The molecule has 0 bridgehead atoms. The third-order valence-electron chi connectivity index (χ3n) is 2.45. The smallest absolute Gasteiger partial charge is 0.199 e. The molecule has 88 valence electrons. The number of hydrogen-bond acceptors (Lipinski definition) is 4. The maximum atomic E-state index is 12.0. The van der Waals surface area contributed by atoms with Crippen LogP contribution < -0.4 is 0 Å². The third kappa shape index (κ3) is 2.53. The van der Waals surface area contributed by atoms with Crippen molar-refractivity contribution < 1.29 is 13.2 Å². The largest absolute Gasteiger partial charge is 0.377 e. The standard InChI is InChI=1S/C10H12ClNO3S/c11-9-4-1-5-12-10(9)16(13,14)7-8-3-2-6-15-8/h1,4-5,8H,2-3,6-7H2. The summed E-state index contributed by atoms with van der Waals surface area (Å²) < 4.78 is 29.3. The first kappa shape index (κ1) is 11.8. The molecule has 0 radical (unpaired) electrons. The predicted octanol–water partition coefficient (Wildman–Crippen LogP) is 1.69. The molecule has 0 saturated carbocycles. The zero-order valence-corrected chi connectivity index (χ0v) is 10.2. The molecule has 1 aliphatic heterocycles. The Bertz CT molecular complexity index is 469. The van der Waals surface area contributed by atoms with E-state index in [-0.39, 0.29) is 21.9 Å². The first-order valence-corrected chi connectivity index (χ1v) is 7.07. The lowest BCUT2D eigenvalue weighted by Gasteiger charge is -2.10. The zero-order chi connectivity index (χ0) is 11.6. The molecule has 0 N–H and O–H groups in total. The molecule has 2 heterocycles. The summed E-state index contributed by atoms with van der Waals surface area (Å²) >= 11 is 5.81. The number of sulfone groups is 1. The Morgan fingerprint density at radius 1 is 1.56 bits per heavy atom. The van der Waals surface area contributed by atoms with Crippen molar-refractivity contribution in [2.75, 3.05) is 12.4 Å². The van der Waals surface area contributed by atoms with Crippen LogP contribution in [0.3, 0.4) is 0 Å². The third-order valence-corrected chi connectivity index (χ3v) is 4.59. The van der Waals surface area contributed by atoms with Crippen LogP contribution in [0.15, 0.2) is 23.4 Å². The Balaban J connectivity index is 2.21. The van der Waals surface area contributed by atoms with Gasteiger partial charge in [-0.2, -0.15) is 0 Å². The lowest BCUT2D eigenvalue weighted by Crippen LogP contribution is -2.21. The van der Waals surface area contributed by atoms with Gasteiger partial charge in [0.15, 0.2) is 14.9 Å². The van der Waals surface area contributed by atoms with E-state index in [0.29, 0.717) is 6.61 Å². The summed E-state index contributed by atoms with van der Waals surface area (Å²) in [5, 5.41) is 0.118. The first-order chi connectivity index (χ1) is 7.59. The molecule has 0 aromatic carbocycles. The van der Waals surface area contributed by atoms with Crippen LogP contribution in [0, 0.1) is 0 Å². The summed E-state index contributed by atoms with van der Waals surface area (Å²) in [4.78, 5) is 3.82. The SMILES string of the molecule is O=S(=O)(CC1CCCO1)c1ncccc1Cl. The summed E-state index contributed by atoms with van der Waals surface area (Å²) in [6.07, 6.45) is 2.90. The Labute approximate surface area is 99.5 Å². The van der Waals surface area contributed by atoms with Crippen LogP contribution in [-0.2, 0) is 14.6 Å². The molecule has 1 aliphatic rings. The lowest BCUT2D eigenvalue weighted by molar-refractivity contribution is 0.127. The Morgan fingerprint density at radius 3 is 3.00 bits per heavy atom. The van der Waals surface area contributed by atoms with E-state index in [1.807, 2.05) is 0 Å². The fourth-order valence-corrected chi connectivity index (χ4v) is 3.67. The summed E-state index contributed by atoms with van der Waals surface area (Å²) in [5.74, 6) is -0.0380. The van der Waals surface area contributed by atoms with Crippen molar-refractivity contribution in [2.24, 2.45) is 0 Å². The van der Waals surface area contributed by atoms with Gasteiger partial charge < -0.3 is 4.74 Å². The average molecular weight is 262 g/mol. The van der Waals surface area contributed by atoms with Gasteiger partial charge in [-0.25, -0.2) is 13.4 Å². The van der Waals surface area contributed by atoms with Crippen molar-refractivity contribution in [3.63, 3.8) is 0 Å². The molecule has 16 heavy (non-hydrogen) atoms. The summed E-state index contributed by atoms with van der Waals surface area (Å²) in [6.45, 7) is 0.635. The van der Waals surface area contributed by atoms with Crippen molar-refractivity contribution in [2.45, 2.75) is 24.0 Å². The molecule has 2 rings (SSSR count). The molecule has 6 heteroatoms. The summed E-state index contributed by atoms with van der Waals surface area (Å²) in [7, 11) is -3.44. The van der Waals surface area contributed by atoms with E-state index in [2.05, 4.69) is 4.98 Å². The molecule has 0 spiro atoms. The quantitative estimate of drug-likeness (QED) is 0.831. The average Bonchev–Trinajstić information content (AvgIpc) is 2.70. The fourth-order valence-electron chi connectivity index (χ4n) is 1.70. The molecule has 0 amide bonds. The van der Waals surface area contributed by atoms with Crippen molar-refractivity contribution in [3.8, 4) is 0 Å². The summed E-state index contributed by atoms with van der Waals surface area (Å²) in [6, 6.07) is 3.13. The molecular weight excluding hydrogens is 250 g/mol. The minimum absolute atomic E-state index is 0.0380. The number of aromatic nitrogens is 1. The van der Waals surface area contributed by atoms with Crippen molar-refractivity contribution in [3.05, 3.63) is 23.4 Å². The van der Waals surface area contributed by atoms with Crippen LogP contribution in [0.1, 0.15) is 12.8 Å². The maximum absolute atomic E-state index is 12.0. The molecular formula is C10H12ClNO3S. The van der Waals surface area contributed by atoms with Crippen molar-refractivity contribution in [1.29, 1.82) is 0 Å². The highest BCUT2D eigenvalue weighted by Gasteiger charge is 2.27. The molecule has 1 aromatic heterocycles. The summed E-state index contributed by atoms with van der Waals surface area (Å²) in [5.41, 5.74) is 0. The van der Waals surface area contributed by atoms with Gasteiger partial charge in [0.1, 0.15) is 0 Å². The number of rotatable bonds is 3. The lowest BCUT2D eigenvalue weighted by atomic mass is 10.3. The molecule has 1 aromatic rings. The minimum Gasteiger partial charge on any atom is -0.377 e. The molecule has 1 unspecified atom stereocenters. The molecule has 0 aliphatic carbocycles. The first-order valence-electron chi connectivity index (χ1n) is 5.04. The van der Waals surface area contributed by atoms with Gasteiger partial charge in [-0.15, -0.1) is 0 Å². The maximum Gasteiger partial charge on any atom is 0.199 e. The van der Waals surface area contributed by atoms with E-state index < -0.39 is 9.84 Å². The minimum atomic E-state index is -3.44. The van der Waals surface area contributed by atoms with Crippen LogP contribution in [0.4, 0.5) is 0 Å². The van der Waals surface area contributed by atoms with Crippen LogP contribution >= 0.6 is 11.6 Å². The van der Waals surface area contributed by atoms with E-state index in [9.17, 15) is 8.42 Å². The fraction of sp³-hybridized carbons (Fsp3) is 0.500. The Kier molecular flexibility index (Phi) is 3.47. The van der Waals surface area contributed by atoms with Crippen molar-refractivity contribution >= 4 is 21.4 Å². The predicted molar refractivity (Wildman–Crippen MR) is 60.3 cm³/mol. The second-order valence-corrected chi connectivity index (χ2v) is 6.06. The molecule has 1 atom stereocenters. The van der Waals surface area contributed by atoms with Gasteiger partial charge in [0, 0.05) is 12.8 Å². The van der Waals surface area contributed by atoms with Gasteiger partial charge >= 0.3 is 0 Å². The van der Waals surface area contributed by atoms with Crippen LogP contribution in [0.2, 0.25) is 5.02 Å². The monoisotopic (exact) mass is 261 g/mol. The van der Waals surface area contributed by atoms with E-state index in [1.165, 1.54) is 12.3 Å². The van der Waals surface area contributed by atoms with Gasteiger partial charge in [0.25, 0.3) is 0 Å². The zero-order valence-electron chi connectivity index (χ0n) is 8.60. The molecule has 4 nitrogen and oxygen atoms in total. The van der Waals surface area contributed by atoms with Crippen molar-refractivity contribution in [1.82, 2.24) is 4.98 Å². The van der Waals surface area contributed by atoms with Gasteiger partial charge in [-0.05, 0) is 25.0 Å². The highest BCUT2D eigenvalue weighted by Crippen LogP contribution is 2.22. The van der Waals surface area contributed by atoms with Gasteiger partial charge in [-0.3, -0.25) is 0 Å². The van der Waals surface area contributed by atoms with Crippen LogP contribution in [0.25, 0.3) is 0 Å². The highest BCUT2D eigenvalue weighted by atomic mass is 35.5. The van der Waals surface area contributed by atoms with Crippen LogP contribution in [-0.4, -0.2) is 31.9 Å². The van der Waals surface area contributed by atoms with Gasteiger partial charge in [0.2, 0.25) is 0 Å². The van der Waals surface area contributed by atoms with Gasteiger partial charge in [0.05, 0.1) is 16.9 Å². The number of pyridine rings is 1. The van der Waals surface area contributed by atoms with Gasteiger partial charge in [-0.1, -0.05) is 11.6 Å². The van der Waals surface area contributed by atoms with E-state index in [1.54, 1.807) is 6.07 Å². The van der Waals surface area contributed by atoms with E-state index >= 15 is 0 Å². The number of ether oxygens (including phenoxy) is 1. The number of nitrogens with zero attached hydrogens (tertiary/aromatic N) is 1. The highest BCUT2D eigenvalue weighted by molar-refractivity contribution is 7.91. The normalized spacial score (nSPS) is 21.2. The molecule has 1 fully saturated rings. The van der Waals surface area contributed by atoms with E-state index in [0.717, 1.165) is 12.8 Å². The second-order valence-electron chi connectivity index (χ2n) is 3.71. The Morgan fingerprint density at radius 2 is 2.38 bits per heavy atom. The molecule has 1 saturated heterocycles. The number of hydrogen-bond donors (Lipinski definition) is 0. The second kappa shape index (κ2) is 4.69. The van der Waals surface area contributed by atoms with Crippen LogP contribution in [0.5, 0.6) is 0 Å². The number of halogens is 1. The van der Waals surface area contributed by atoms with E-state index in [4.69, 9.17) is 16.3 Å².